The standard InChI is InChI=1S/C20H13ClN5S2/c1-26-19-15(27-24-17(22-19)12-8-4-2-5-9-12)14(21)16-20(26)23-18(25-28-16)13-10-6-3-7-11-13/h2-11H,1H3/q+1. The fourth-order valence-electron chi connectivity index (χ4n) is 2.95. The summed E-state index contributed by atoms with van der Waals surface area (Å²) in [7, 11) is 1.95. The van der Waals surface area contributed by atoms with E-state index in [1.165, 1.54) is 23.5 Å². The van der Waals surface area contributed by atoms with Gasteiger partial charge in [-0.05, 0) is 0 Å². The van der Waals surface area contributed by atoms with E-state index in [2.05, 4.69) is 8.77 Å². The third-order valence-corrected chi connectivity index (χ3v) is 6.64. The first-order chi connectivity index (χ1) is 13.7. The van der Waals surface area contributed by atoms with Gasteiger partial charge in [0, 0.05) is 34.5 Å². The third kappa shape index (κ3) is 2.92. The van der Waals surface area contributed by atoms with E-state index in [0.717, 1.165) is 32.6 Å². The van der Waals surface area contributed by atoms with E-state index in [1.54, 1.807) is 0 Å². The van der Waals surface area contributed by atoms with E-state index < -0.39 is 0 Å². The molecule has 28 heavy (non-hydrogen) atoms. The average Bonchev–Trinajstić information content (AvgIpc) is 2.78. The Balaban J connectivity index is 1.61. The first kappa shape index (κ1) is 17.5. The number of nitrogens with zero attached hydrogens (tertiary/aromatic N) is 5. The molecule has 8 heteroatoms. The normalized spacial score (nSPS) is 15.6. The zero-order valence-electron chi connectivity index (χ0n) is 14.7. The molecule has 0 amide bonds. The van der Waals surface area contributed by atoms with Crippen LogP contribution in [0.2, 0.25) is 0 Å². The maximum absolute atomic E-state index is 6.69. The van der Waals surface area contributed by atoms with Crippen molar-refractivity contribution in [1.29, 1.82) is 0 Å². The van der Waals surface area contributed by atoms with Crippen LogP contribution in [0.5, 0.6) is 0 Å². The minimum Gasteiger partial charge on any atom is -0.308 e. The number of halogens is 1. The van der Waals surface area contributed by atoms with Gasteiger partial charge >= 0.3 is 16.4 Å². The molecule has 2 aromatic carbocycles. The molecule has 0 N–H and O–H groups in total. The molecule has 0 bridgehead atoms. The Morgan fingerprint density at radius 3 is 2.36 bits per heavy atom. The van der Waals surface area contributed by atoms with Gasteiger partial charge in [0.15, 0.2) is 11.7 Å². The number of aromatic nitrogens is 2. The number of hydrogen-bond acceptors (Lipinski definition) is 6. The topological polar surface area (TPSA) is 53.7 Å². The summed E-state index contributed by atoms with van der Waals surface area (Å²) >= 11 is 9.37. The second kappa shape index (κ2) is 7.09. The zero-order chi connectivity index (χ0) is 19.1. The first-order valence-corrected chi connectivity index (χ1v) is 10.4. The van der Waals surface area contributed by atoms with Crippen LogP contribution in [0.1, 0.15) is 10.4 Å². The molecule has 136 valence electrons. The summed E-state index contributed by atoms with van der Waals surface area (Å²) in [6.07, 6.45) is 0. The number of rotatable bonds is 2. The molecule has 0 spiro atoms. The molecule has 3 aromatic rings. The molecule has 0 radical (unpaired) electrons. The Labute approximate surface area is 175 Å². The maximum atomic E-state index is 6.69. The molecule has 0 saturated carbocycles. The smallest absolute Gasteiger partial charge is 0.308 e. The van der Waals surface area contributed by atoms with Gasteiger partial charge in [0.25, 0.3) is 0 Å². The average molecular weight is 423 g/mol. The van der Waals surface area contributed by atoms with Gasteiger partial charge in [0.2, 0.25) is 11.6 Å². The molecular weight excluding hydrogens is 410 g/mol. The molecule has 0 aliphatic carbocycles. The van der Waals surface area contributed by atoms with Gasteiger partial charge in [-0.15, -0.1) is 0 Å². The van der Waals surface area contributed by atoms with Crippen molar-refractivity contribution >= 4 is 57.6 Å². The maximum Gasteiger partial charge on any atom is 0.370 e. The highest BCUT2D eigenvalue weighted by atomic mass is 35.5. The molecule has 0 atom stereocenters. The number of amidine groups is 2. The second-order valence-electron chi connectivity index (χ2n) is 6.15. The summed E-state index contributed by atoms with van der Waals surface area (Å²) in [4.78, 5) is 13.2. The van der Waals surface area contributed by atoms with Crippen molar-refractivity contribution in [2.24, 2.45) is 9.39 Å². The van der Waals surface area contributed by atoms with E-state index >= 15 is 0 Å². The minimum absolute atomic E-state index is 0.595. The monoisotopic (exact) mass is 422 g/mol. The van der Waals surface area contributed by atoms with Crippen LogP contribution in [0, 0.1) is 0 Å². The molecule has 0 saturated heterocycles. The highest BCUT2D eigenvalue weighted by Crippen LogP contribution is 2.44. The Bertz CT molecular complexity index is 1160. The van der Waals surface area contributed by atoms with Crippen LogP contribution in [-0.2, 0) is 0 Å². The molecule has 0 unspecified atom stereocenters. The van der Waals surface area contributed by atoms with Crippen molar-refractivity contribution in [2.45, 2.75) is 0 Å². The van der Waals surface area contributed by atoms with Gasteiger partial charge in [-0.2, -0.15) is 9.38 Å². The third-order valence-electron chi connectivity index (χ3n) is 4.37. The van der Waals surface area contributed by atoms with E-state index in [-0.39, 0.29) is 0 Å². The summed E-state index contributed by atoms with van der Waals surface area (Å²) in [6, 6.07) is 19.8. The molecule has 1 aromatic heterocycles. The Morgan fingerprint density at radius 1 is 0.964 bits per heavy atom. The van der Waals surface area contributed by atoms with Crippen LogP contribution in [0.3, 0.4) is 0 Å². The van der Waals surface area contributed by atoms with Crippen molar-refractivity contribution in [2.75, 3.05) is 11.9 Å². The Hall–Kier alpha value is -2.61. The lowest BCUT2D eigenvalue weighted by molar-refractivity contribution is 1.14. The van der Waals surface area contributed by atoms with Gasteiger partial charge in [-0.25, -0.2) is 4.99 Å². The summed E-state index contributed by atoms with van der Waals surface area (Å²) in [6.45, 7) is 0. The molecule has 2 aliphatic rings. The minimum atomic E-state index is 0.595. The van der Waals surface area contributed by atoms with Crippen LogP contribution < -0.4 is 4.90 Å². The molecular formula is C20H13ClN5S2+. The molecule has 2 aliphatic heterocycles. The van der Waals surface area contributed by atoms with Crippen LogP contribution >= 0.6 is 35.1 Å². The summed E-state index contributed by atoms with van der Waals surface area (Å²) < 4.78 is 9.10. The first-order valence-electron chi connectivity index (χ1n) is 8.52. The number of aliphatic imine (C=N–C) groups is 1. The van der Waals surface area contributed by atoms with Gasteiger partial charge < -0.3 is 4.90 Å². The Kier molecular flexibility index (Phi) is 4.43. The van der Waals surface area contributed by atoms with Crippen molar-refractivity contribution in [1.82, 2.24) is 9.36 Å². The summed E-state index contributed by atoms with van der Waals surface area (Å²) in [5, 5.41) is 0.595. The highest BCUT2D eigenvalue weighted by Gasteiger charge is 2.38. The SMILES string of the molecule is CN1C2=NC(c3ccccc3)=NSC2=C(Cl)c2[s+]nc(-c3ccccc3)nc21. The van der Waals surface area contributed by atoms with E-state index in [0.29, 0.717) is 16.7 Å². The fourth-order valence-corrected chi connectivity index (χ4v) is 4.93. The van der Waals surface area contributed by atoms with E-state index in [9.17, 15) is 0 Å². The molecule has 3 heterocycles. The van der Waals surface area contributed by atoms with Crippen LogP contribution in [0.4, 0.5) is 5.82 Å². The lowest BCUT2D eigenvalue weighted by Crippen LogP contribution is -2.34. The van der Waals surface area contributed by atoms with Gasteiger partial charge in [0.1, 0.15) is 5.03 Å². The molecule has 5 nitrogen and oxygen atoms in total. The zero-order valence-corrected chi connectivity index (χ0v) is 17.1. The summed E-state index contributed by atoms with van der Waals surface area (Å²) in [5.74, 6) is 2.85. The van der Waals surface area contributed by atoms with Crippen LogP contribution in [0.25, 0.3) is 16.4 Å². The number of benzene rings is 2. The number of likely N-dealkylation sites (N-methyl/N-ethyl adjacent to an activating group) is 1. The van der Waals surface area contributed by atoms with Crippen LogP contribution in [0.15, 0.2) is 75.0 Å². The molecule has 0 fully saturated rings. The fraction of sp³-hybridized carbons (Fsp3) is 0.0500. The van der Waals surface area contributed by atoms with Crippen molar-refractivity contribution in [3.8, 4) is 11.4 Å². The van der Waals surface area contributed by atoms with Crippen molar-refractivity contribution < 1.29 is 0 Å². The van der Waals surface area contributed by atoms with Crippen molar-refractivity contribution in [3.05, 3.63) is 76.0 Å². The van der Waals surface area contributed by atoms with Gasteiger partial charge in [-0.1, -0.05) is 72.3 Å². The number of anilines is 1. The largest absolute Gasteiger partial charge is 0.370 e. The molecule has 5 rings (SSSR count). The van der Waals surface area contributed by atoms with E-state index in [4.69, 9.17) is 21.6 Å². The lowest BCUT2D eigenvalue weighted by atomic mass is 10.2. The number of hydrogen-bond donors (Lipinski definition) is 0. The summed E-state index contributed by atoms with van der Waals surface area (Å²) in [5.41, 5.74) is 1.93. The quantitative estimate of drug-likeness (QED) is 0.412. The predicted octanol–water partition coefficient (Wildman–Crippen LogP) is 5.35. The van der Waals surface area contributed by atoms with Crippen LogP contribution in [-0.4, -0.2) is 28.1 Å². The van der Waals surface area contributed by atoms with Gasteiger partial charge in [-0.3, -0.25) is 0 Å². The van der Waals surface area contributed by atoms with Crippen molar-refractivity contribution in [3.63, 3.8) is 0 Å². The number of fused-ring (bicyclic) bond motifs is 2. The van der Waals surface area contributed by atoms with E-state index in [1.807, 2.05) is 72.6 Å². The van der Waals surface area contributed by atoms with Gasteiger partial charge in [0.05, 0.1) is 4.91 Å². The highest BCUT2D eigenvalue weighted by molar-refractivity contribution is 8.03. The lowest BCUT2D eigenvalue weighted by Gasteiger charge is -2.27. The predicted molar refractivity (Wildman–Crippen MR) is 119 cm³/mol. The second-order valence-corrected chi connectivity index (χ2v) is 8.07. The Morgan fingerprint density at radius 2 is 1.64 bits per heavy atom.